The van der Waals surface area contributed by atoms with Crippen LogP contribution < -0.4 is 15.6 Å². The third-order valence-corrected chi connectivity index (χ3v) is 6.19. The van der Waals surface area contributed by atoms with E-state index in [0.29, 0.717) is 23.0 Å². The van der Waals surface area contributed by atoms with Crippen molar-refractivity contribution in [3.05, 3.63) is 76.8 Å². The summed E-state index contributed by atoms with van der Waals surface area (Å²) in [6.07, 6.45) is 3.57. The van der Waals surface area contributed by atoms with Gasteiger partial charge in [0.05, 0.1) is 23.7 Å². The minimum atomic E-state index is -0.740. The molecule has 0 aliphatic carbocycles. The van der Waals surface area contributed by atoms with Crippen LogP contribution in [0.4, 0.5) is 14.5 Å². The molecule has 1 N–H and O–H groups in total. The molecule has 170 valence electrons. The van der Waals surface area contributed by atoms with Gasteiger partial charge in [-0.15, -0.1) is 10.2 Å². The van der Waals surface area contributed by atoms with Crippen LogP contribution in [-0.4, -0.2) is 37.4 Å². The molecule has 2 aromatic heterocycles. The van der Waals surface area contributed by atoms with Gasteiger partial charge in [0.2, 0.25) is 11.6 Å². The average Bonchev–Trinajstić information content (AvgIpc) is 3.23. The SMILES string of the molecule is CC[C@@H](Sc1nnc2c(=O)n(-c3cccc(OC)c3)ccn12)C(=O)Nc1cc(F)ccc1F. The molecule has 0 saturated carbocycles. The van der Waals surface area contributed by atoms with Gasteiger partial charge in [0.25, 0.3) is 0 Å². The van der Waals surface area contributed by atoms with E-state index in [-0.39, 0.29) is 11.3 Å². The fourth-order valence-electron chi connectivity index (χ4n) is 3.17. The number of hydrogen-bond acceptors (Lipinski definition) is 6. The van der Waals surface area contributed by atoms with Gasteiger partial charge in [-0.1, -0.05) is 24.8 Å². The number of nitrogens with one attached hydrogen (secondary N) is 1. The first-order valence-corrected chi connectivity index (χ1v) is 10.8. The monoisotopic (exact) mass is 471 g/mol. The standard InChI is InChI=1S/C22H19F2N5O3S/c1-3-18(20(30)25-17-11-13(23)7-8-16(17)24)33-22-27-26-19-21(31)28(9-10-29(19)22)14-5-4-6-15(12-14)32-2/h4-12,18H,3H2,1-2H3,(H,25,30)/t18-/m1/s1. The number of benzene rings is 2. The number of aromatic nitrogens is 4. The maximum absolute atomic E-state index is 13.9. The maximum atomic E-state index is 13.9. The van der Waals surface area contributed by atoms with Crippen molar-refractivity contribution in [3.63, 3.8) is 0 Å². The second-order valence-corrected chi connectivity index (χ2v) is 8.15. The molecule has 0 unspecified atom stereocenters. The van der Waals surface area contributed by atoms with Crippen LogP contribution in [0.15, 0.2) is 64.8 Å². The Labute approximate surface area is 191 Å². The van der Waals surface area contributed by atoms with Gasteiger partial charge in [-0.05, 0) is 30.7 Å². The zero-order valence-electron chi connectivity index (χ0n) is 17.7. The summed E-state index contributed by atoms with van der Waals surface area (Å²) in [4.78, 5) is 25.7. The third-order valence-electron chi connectivity index (χ3n) is 4.87. The summed E-state index contributed by atoms with van der Waals surface area (Å²) in [5, 5.41) is 10.1. The summed E-state index contributed by atoms with van der Waals surface area (Å²) in [5.41, 5.74) is 0.0343. The van der Waals surface area contributed by atoms with E-state index in [4.69, 9.17) is 4.74 Å². The van der Waals surface area contributed by atoms with Crippen LogP contribution in [-0.2, 0) is 4.79 Å². The second-order valence-electron chi connectivity index (χ2n) is 6.98. The Morgan fingerprint density at radius 3 is 2.76 bits per heavy atom. The van der Waals surface area contributed by atoms with Crippen molar-refractivity contribution in [2.75, 3.05) is 12.4 Å². The van der Waals surface area contributed by atoms with Crippen LogP contribution in [0.2, 0.25) is 0 Å². The van der Waals surface area contributed by atoms with Crippen LogP contribution in [0, 0.1) is 11.6 Å². The van der Waals surface area contributed by atoms with Crippen molar-refractivity contribution in [2.45, 2.75) is 23.8 Å². The second kappa shape index (κ2) is 9.41. The van der Waals surface area contributed by atoms with Gasteiger partial charge in [0.15, 0.2) is 5.16 Å². The van der Waals surface area contributed by atoms with Crippen molar-refractivity contribution in [1.82, 2.24) is 19.2 Å². The first kappa shape index (κ1) is 22.5. The molecule has 0 spiro atoms. The Kier molecular flexibility index (Phi) is 6.40. The van der Waals surface area contributed by atoms with Gasteiger partial charge in [-0.3, -0.25) is 18.6 Å². The quantitative estimate of drug-likeness (QED) is 0.414. The third kappa shape index (κ3) is 4.58. The number of hydrogen-bond donors (Lipinski definition) is 1. The zero-order chi connectivity index (χ0) is 23.5. The summed E-state index contributed by atoms with van der Waals surface area (Å²) in [7, 11) is 1.54. The highest BCUT2D eigenvalue weighted by atomic mass is 32.2. The number of anilines is 1. The number of halogens is 2. The van der Waals surface area contributed by atoms with Gasteiger partial charge in [0.1, 0.15) is 17.4 Å². The number of amides is 1. The van der Waals surface area contributed by atoms with Crippen molar-refractivity contribution in [1.29, 1.82) is 0 Å². The Bertz CT molecular complexity index is 1390. The van der Waals surface area contributed by atoms with Crippen molar-refractivity contribution in [2.24, 2.45) is 0 Å². The number of rotatable bonds is 7. The largest absolute Gasteiger partial charge is 0.497 e. The Balaban J connectivity index is 1.60. The average molecular weight is 471 g/mol. The highest BCUT2D eigenvalue weighted by Crippen LogP contribution is 2.26. The molecule has 8 nitrogen and oxygen atoms in total. The molecular weight excluding hydrogens is 452 g/mol. The number of nitrogens with zero attached hydrogens (tertiary/aromatic N) is 4. The molecule has 0 aliphatic rings. The number of fused-ring (bicyclic) bond motifs is 1. The maximum Gasteiger partial charge on any atom is 0.300 e. The van der Waals surface area contributed by atoms with E-state index in [9.17, 15) is 18.4 Å². The lowest BCUT2D eigenvalue weighted by atomic mass is 10.2. The predicted octanol–water partition coefficient (Wildman–Crippen LogP) is 3.68. The summed E-state index contributed by atoms with van der Waals surface area (Å²) < 4.78 is 35.4. The smallest absolute Gasteiger partial charge is 0.300 e. The van der Waals surface area contributed by atoms with E-state index in [2.05, 4.69) is 15.5 Å². The van der Waals surface area contributed by atoms with Crippen LogP contribution in [0.5, 0.6) is 5.75 Å². The molecule has 11 heteroatoms. The number of thioether (sulfide) groups is 1. The van der Waals surface area contributed by atoms with E-state index in [1.54, 1.807) is 43.6 Å². The molecule has 4 rings (SSSR count). The van der Waals surface area contributed by atoms with Crippen LogP contribution >= 0.6 is 11.8 Å². The van der Waals surface area contributed by atoms with E-state index in [1.165, 1.54) is 16.1 Å². The molecule has 33 heavy (non-hydrogen) atoms. The molecule has 1 atom stereocenters. The molecule has 4 aromatic rings. The number of carbonyl (C=O) groups excluding carboxylic acids is 1. The summed E-state index contributed by atoms with van der Waals surface area (Å²) in [6, 6.07) is 9.84. The Morgan fingerprint density at radius 1 is 1.18 bits per heavy atom. The molecular formula is C22H19F2N5O3S. The lowest BCUT2D eigenvalue weighted by Crippen LogP contribution is -2.25. The number of ether oxygens (including phenoxy) is 1. The minimum absolute atomic E-state index is 0.0780. The van der Waals surface area contributed by atoms with Crippen molar-refractivity contribution >= 4 is 29.0 Å². The van der Waals surface area contributed by atoms with Crippen molar-refractivity contribution in [3.8, 4) is 11.4 Å². The minimum Gasteiger partial charge on any atom is -0.497 e. The fraction of sp³-hybridized carbons (Fsp3) is 0.182. The van der Waals surface area contributed by atoms with E-state index >= 15 is 0 Å². The fourth-order valence-corrected chi connectivity index (χ4v) is 4.10. The summed E-state index contributed by atoms with van der Waals surface area (Å²) >= 11 is 1.07. The van der Waals surface area contributed by atoms with Crippen LogP contribution in [0.3, 0.4) is 0 Å². The first-order valence-electron chi connectivity index (χ1n) is 9.94. The lowest BCUT2D eigenvalue weighted by Gasteiger charge is -2.14. The molecule has 0 fully saturated rings. The Hall–Kier alpha value is -3.73. The summed E-state index contributed by atoms with van der Waals surface area (Å²) in [5.74, 6) is -1.32. The highest BCUT2D eigenvalue weighted by molar-refractivity contribution is 8.00. The van der Waals surface area contributed by atoms with Crippen LogP contribution in [0.25, 0.3) is 11.3 Å². The topological polar surface area (TPSA) is 90.5 Å². The molecule has 0 saturated heterocycles. The molecule has 2 aromatic carbocycles. The molecule has 0 bridgehead atoms. The van der Waals surface area contributed by atoms with E-state index in [1.807, 2.05) is 0 Å². The first-order chi connectivity index (χ1) is 15.9. The van der Waals surface area contributed by atoms with Gasteiger partial charge < -0.3 is 10.1 Å². The molecule has 2 heterocycles. The number of methoxy groups -OCH3 is 1. The van der Waals surface area contributed by atoms with Crippen molar-refractivity contribution < 1.29 is 18.3 Å². The zero-order valence-corrected chi connectivity index (χ0v) is 18.5. The predicted molar refractivity (Wildman–Crippen MR) is 120 cm³/mol. The summed E-state index contributed by atoms with van der Waals surface area (Å²) in [6.45, 7) is 1.78. The lowest BCUT2D eigenvalue weighted by molar-refractivity contribution is -0.115. The Morgan fingerprint density at radius 2 is 2.00 bits per heavy atom. The number of carbonyl (C=O) groups is 1. The van der Waals surface area contributed by atoms with E-state index in [0.717, 1.165) is 30.0 Å². The molecule has 0 radical (unpaired) electrons. The molecule has 0 aliphatic heterocycles. The van der Waals surface area contributed by atoms with Gasteiger partial charge in [0, 0.05) is 24.5 Å². The highest BCUT2D eigenvalue weighted by Gasteiger charge is 2.23. The van der Waals surface area contributed by atoms with Gasteiger partial charge in [-0.2, -0.15) is 0 Å². The van der Waals surface area contributed by atoms with Gasteiger partial charge >= 0.3 is 5.56 Å². The van der Waals surface area contributed by atoms with E-state index < -0.39 is 28.4 Å². The normalized spacial score (nSPS) is 12.0. The van der Waals surface area contributed by atoms with Crippen LogP contribution in [0.1, 0.15) is 13.3 Å². The molecule has 1 amide bonds. The van der Waals surface area contributed by atoms with Gasteiger partial charge in [-0.25, -0.2) is 8.78 Å².